The molecule has 1 aromatic carbocycles. The fraction of sp³-hybridized carbons (Fsp3) is 0. The van der Waals surface area contributed by atoms with Crippen LogP contribution in [0.1, 0.15) is 10.5 Å². The minimum Gasteiger partial charge on any atom is -0.477 e. The third-order valence-electron chi connectivity index (χ3n) is 2.97. The second kappa shape index (κ2) is 4.92. The number of pyridine rings is 1. The van der Waals surface area contributed by atoms with Crippen LogP contribution in [0.15, 0.2) is 41.0 Å². The van der Waals surface area contributed by atoms with Crippen LogP contribution in [0.3, 0.4) is 0 Å². The second-order valence-electron chi connectivity index (χ2n) is 4.21. The average molecular weight is 352 g/mol. The SMILES string of the molecule is O=C(O)c1[nH]c2cc(Br)c(Cl)cc2c1-c1ccccn1. The van der Waals surface area contributed by atoms with E-state index in [1.807, 2.05) is 6.07 Å². The van der Waals surface area contributed by atoms with E-state index in [0.717, 1.165) is 5.39 Å². The molecule has 6 heteroatoms. The summed E-state index contributed by atoms with van der Waals surface area (Å²) in [6, 6.07) is 8.85. The maximum absolute atomic E-state index is 11.4. The van der Waals surface area contributed by atoms with Gasteiger partial charge in [-0.2, -0.15) is 0 Å². The average Bonchev–Trinajstić information content (AvgIpc) is 2.79. The molecule has 0 aliphatic rings. The molecule has 2 N–H and O–H groups in total. The van der Waals surface area contributed by atoms with Gasteiger partial charge in [0.1, 0.15) is 5.69 Å². The predicted octanol–water partition coefficient (Wildman–Crippen LogP) is 4.34. The van der Waals surface area contributed by atoms with Crippen LogP contribution >= 0.6 is 27.5 Å². The van der Waals surface area contributed by atoms with E-state index in [4.69, 9.17) is 11.6 Å². The largest absolute Gasteiger partial charge is 0.477 e. The molecule has 0 saturated heterocycles. The molecule has 0 spiro atoms. The smallest absolute Gasteiger partial charge is 0.353 e. The van der Waals surface area contributed by atoms with E-state index in [2.05, 4.69) is 25.9 Å². The van der Waals surface area contributed by atoms with Crippen LogP contribution in [0.25, 0.3) is 22.2 Å². The normalized spacial score (nSPS) is 10.9. The van der Waals surface area contributed by atoms with Crippen molar-refractivity contribution in [2.24, 2.45) is 0 Å². The highest BCUT2D eigenvalue weighted by Crippen LogP contribution is 2.36. The number of hydrogen-bond donors (Lipinski definition) is 2. The van der Waals surface area contributed by atoms with Crippen molar-refractivity contribution in [3.63, 3.8) is 0 Å². The van der Waals surface area contributed by atoms with Gasteiger partial charge >= 0.3 is 5.97 Å². The number of halogens is 2. The Balaban J connectivity index is 2.41. The first kappa shape index (κ1) is 13.1. The third-order valence-corrected chi connectivity index (χ3v) is 4.17. The Morgan fingerprint density at radius 3 is 2.80 bits per heavy atom. The summed E-state index contributed by atoms with van der Waals surface area (Å²) in [5.41, 5.74) is 1.93. The first-order valence-electron chi connectivity index (χ1n) is 5.73. The number of fused-ring (bicyclic) bond motifs is 1. The van der Waals surface area contributed by atoms with Crippen molar-refractivity contribution in [3.05, 3.63) is 51.7 Å². The van der Waals surface area contributed by atoms with Gasteiger partial charge in [0.15, 0.2) is 0 Å². The number of aromatic amines is 1. The van der Waals surface area contributed by atoms with Crippen molar-refractivity contribution in [1.29, 1.82) is 0 Å². The zero-order valence-electron chi connectivity index (χ0n) is 10.0. The fourth-order valence-corrected chi connectivity index (χ4v) is 2.63. The molecule has 0 radical (unpaired) electrons. The minimum absolute atomic E-state index is 0.105. The van der Waals surface area contributed by atoms with Crippen LogP contribution in [0.5, 0.6) is 0 Å². The van der Waals surface area contributed by atoms with E-state index in [0.29, 0.717) is 26.3 Å². The molecule has 3 aromatic rings. The highest BCUT2D eigenvalue weighted by Gasteiger charge is 2.20. The predicted molar refractivity (Wildman–Crippen MR) is 81.2 cm³/mol. The van der Waals surface area contributed by atoms with Crippen molar-refractivity contribution in [2.75, 3.05) is 0 Å². The lowest BCUT2D eigenvalue weighted by Crippen LogP contribution is -1.99. The van der Waals surface area contributed by atoms with Crippen molar-refractivity contribution < 1.29 is 9.90 Å². The van der Waals surface area contributed by atoms with Gasteiger partial charge in [-0.1, -0.05) is 17.7 Å². The van der Waals surface area contributed by atoms with E-state index in [1.165, 1.54) is 0 Å². The monoisotopic (exact) mass is 350 g/mol. The summed E-state index contributed by atoms with van der Waals surface area (Å²) in [7, 11) is 0. The molecule has 0 amide bonds. The summed E-state index contributed by atoms with van der Waals surface area (Å²) in [4.78, 5) is 18.6. The van der Waals surface area contributed by atoms with Crippen molar-refractivity contribution in [3.8, 4) is 11.3 Å². The van der Waals surface area contributed by atoms with Crippen molar-refractivity contribution in [2.45, 2.75) is 0 Å². The van der Waals surface area contributed by atoms with E-state index < -0.39 is 5.97 Å². The Morgan fingerprint density at radius 1 is 1.35 bits per heavy atom. The maximum Gasteiger partial charge on any atom is 0.353 e. The van der Waals surface area contributed by atoms with Gasteiger partial charge in [0, 0.05) is 27.1 Å². The summed E-state index contributed by atoms with van der Waals surface area (Å²) in [5, 5.41) is 10.6. The molecule has 4 nitrogen and oxygen atoms in total. The lowest BCUT2D eigenvalue weighted by atomic mass is 10.1. The molecule has 0 fully saturated rings. The summed E-state index contributed by atoms with van der Waals surface area (Å²) < 4.78 is 0.706. The molecule has 0 atom stereocenters. The number of aromatic carboxylic acids is 1. The van der Waals surface area contributed by atoms with Gasteiger partial charge in [-0.15, -0.1) is 0 Å². The molecular weight excluding hydrogens is 344 g/mol. The van der Waals surface area contributed by atoms with Crippen LogP contribution in [0.2, 0.25) is 5.02 Å². The quantitative estimate of drug-likeness (QED) is 0.721. The Bertz CT molecular complexity index is 815. The van der Waals surface area contributed by atoms with E-state index in [9.17, 15) is 9.90 Å². The zero-order valence-corrected chi connectivity index (χ0v) is 12.4. The summed E-state index contributed by atoms with van der Waals surface area (Å²) in [6.45, 7) is 0. The first-order valence-corrected chi connectivity index (χ1v) is 6.90. The van der Waals surface area contributed by atoms with Gasteiger partial charge in [-0.3, -0.25) is 4.98 Å². The maximum atomic E-state index is 11.4. The number of benzene rings is 1. The second-order valence-corrected chi connectivity index (χ2v) is 5.47. The van der Waals surface area contributed by atoms with Gasteiger partial charge in [0.25, 0.3) is 0 Å². The molecule has 0 aliphatic carbocycles. The zero-order chi connectivity index (χ0) is 14.3. The minimum atomic E-state index is -1.03. The van der Waals surface area contributed by atoms with E-state index in [-0.39, 0.29) is 5.69 Å². The highest BCUT2D eigenvalue weighted by atomic mass is 79.9. The number of carbonyl (C=O) groups is 1. The van der Waals surface area contributed by atoms with E-state index in [1.54, 1.807) is 30.5 Å². The standard InChI is InChI=1S/C14H8BrClN2O2/c15-8-6-11-7(5-9(8)16)12(13(18-11)14(19)20)10-3-1-2-4-17-10/h1-6,18H,(H,19,20). The summed E-state index contributed by atoms with van der Waals surface area (Å²) in [5.74, 6) is -1.03. The van der Waals surface area contributed by atoms with Gasteiger partial charge in [0.05, 0.1) is 10.7 Å². The lowest BCUT2D eigenvalue weighted by molar-refractivity contribution is 0.0692. The molecule has 0 unspecified atom stereocenters. The van der Waals surface area contributed by atoms with Crippen LogP contribution in [-0.4, -0.2) is 21.0 Å². The molecule has 2 heterocycles. The van der Waals surface area contributed by atoms with Gasteiger partial charge < -0.3 is 10.1 Å². The van der Waals surface area contributed by atoms with Gasteiger partial charge in [0.2, 0.25) is 0 Å². The summed E-state index contributed by atoms with van der Waals surface area (Å²) in [6.07, 6.45) is 1.63. The molecule has 0 saturated carbocycles. The Morgan fingerprint density at radius 2 is 2.15 bits per heavy atom. The van der Waals surface area contributed by atoms with Crippen LogP contribution in [0.4, 0.5) is 0 Å². The topological polar surface area (TPSA) is 66.0 Å². The fourth-order valence-electron chi connectivity index (χ4n) is 2.13. The van der Waals surface area contributed by atoms with Crippen LogP contribution in [-0.2, 0) is 0 Å². The molecule has 0 aliphatic heterocycles. The first-order chi connectivity index (χ1) is 9.58. The van der Waals surface area contributed by atoms with Gasteiger partial charge in [-0.05, 0) is 40.2 Å². The number of nitrogens with zero attached hydrogens (tertiary/aromatic N) is 1. The molecule has 20 heavy (non-hydrogen) atoms. The Hall–Kier alpha value is -1.85. The molecule has 100 valence electrons. The van der Waals surface area contributed by atoms with Gasteiger partial charge in [-0.25, -0.2) is 4.79 Å². The van der Waals surface area contributed by atoms with E-state index >= 15 is 0 Å². The number of carboxylic acids is 1. The lowest BCUT2D eigenvalue weighted by Gasteiger charge is -2.01. The number of carboxylic acid groups (broad SMARTS) is 1. The van der Waals surface area contributed by atoms with Crippen molar-refractivity contribution in [1.82, 2.24) is 9.97 Å². The molecule has 2 aromatic heterocycles. The molecule has 0 bridgehead atoms. The number of hydrogen-bond acceptors (Lipinski definition) is 2. The Kier molecular flexibility index (Phi) is 3.23. The number of nitrogens with one attached hydrogen (secondary N) is 1. The van der Waals surface area contributed by atoms with Crippen molar-refractivity contribution >= 4 is 44.4 Å². The third kappa shape index (κ3) is 2.09. The number of aromatic nitrogens is 2. The molecular formula is C14H8BrClN2O2. The highest BCUT2D eigenvalue weighted by molar-refractivity contribution is 9.10. The Labute approximate surface area is 127 Å². The number of rotatable bonds is 2. The van der Waals surface area contributed by atoms with Crippen LogP contribution in [0, 0.1) is 0 Å². The summed E-state index contributed by atoms with van der Waals surface area (Å²) >= 11 is 9.44. The number of H-pyrrole nitrogens is 1. The molecule has 3 rings (SSSR count). The van der Waals surface area contributed by atoms with Crippen LogP contribution < -0.4 is 0 Å².